The molecule has 2 aromatic rings. The smallest absolute Gasteiger partial charge is 0.416 e. The topological polar surface area (TPSA) is 100 Å². The average molecular weight is 400 g/mol. The fourth-order valence-corrected chi connectivity index (χ4v) is 2.68. The fraction of sp³-hybridized carbons (Fsp3) is 0.375. The zero-order chi connectivity index (χ0) is 19.7. The van der Waals surface area contributed by atoms with Crippen molar-refractivity contribution in [2.24, 2.45) is 0 Å². The second kappa shape index (κ2) is 7.57. The van der Waals surface area contributed by atoms with Gasteiger partial charge < -0.3 is 15.2 Å². The van der Waals surface area contributed by atoms with Crippen LogP contribution in [0.3, 0.4) is 0 Å². The van der Waals surface area contributed by atoms with E-state index in [0.717, 1.165) is 11.1 Å². The summed E-state index contributed by atoms with van der Waals surface area (Å²) in [6, 6.07) is -0.0546. The van der Waals surface area contributed by atoms with Crippen molar-refractivity contribution in [3.05, 3.63) is 40.8 Å². The molecular formula is C16H16ClF2N5O3. The van der Waals surface area contributed by atoms with E-state index in [2.05, 4.69) is 20.3 Å². The summed E-state index contributed by atoms with van der Waals surface area (Å²) in [5.74, 6) is -1.85. The summed E-state index contributed by atoms with van der Waals surface area (Å²) in [4.78, 5) is 24.5. The predicted octanol–water partition coefficient (Wildman–Crippen LogP) is 2.68. The summed E-state index contributed by atoms with van der Waals surface area (Å²) in [5, 5.41) is 12.4. The third-order valence-electron chi connectivity index (χ3n) is 4.08. The first kappa shape index (κ1) is 19.2. The van der Waals surface area contributed by atoms with Gasteiger partial charge >= 0.3 is 6.09 Å². The number of pyridine rings is 1. The van der Waals surface area contributed by atoms with Crippen LogP contribution in [-0.4, -0.2) is 44.9 Å². The molecule has 3 heterocycles. The largest absolute Gasteiger partial charge is 0.447 e. The molecule has 3 atom stereocenters. The molecule has 11 heteroatoms. The van der Waals surface area contributed by atoms with Gasteiger partial charge in [0.25, 0.3) is 0 Å². The zero-order valence-corrected chi connectivity index (χ0v) is 15.1. The van der Waals surface area contributed by atoms with Gasteiger partial charge in [0.05, 0.1) is 18.3 Å². The minimum absolute atomic E-state index is 0.00157. The third-order valence-corrected chi connectivity index (χ3v) is 4.36. The van der Waals surface area contributed by atoms with E-state index in [1.54, 1.807) is 6.92 Å². The van der Waals surface area contributed by atoms with Crippen LogP contribution in [0.15, 0.2) is 18.5 Å². The molecule has 1 saturated heterocycles. The Morgan fingerprint density at radius 3 is 2.74 bits per heavy atom. The highest BCUT2D eigenvalue weighted by atomic mass is 35.5. The number of cyclic esters (lactones) is 1. The maximum Gasteiger partial charge on any atom is 0.416 e. The number of nitrogens with zero attached hydrogens (tertiary/aromatic N) is 4. The first-order valence-corrected chi connectivity index (χ1v) is 8.39. The van der Waals surface area contributed by atoms with Crippen molar-refractivity contribution in [2.75, 3.05) is 16.8 Å². The predicted molar refractivity (Wildman–Crippen MR) is 92.5 cm³/mol. The van der Waals surface area contributed by atoms with Gasteiger partial charge in [-0.2, -0.15) is 4.98 Å². The van der Waals surface area contributed by atoms with E-state index in [4.69, 9.17) is 16.3 Å². The van der Waals surface area contributed by atoms with Crippen LogP contribution in [0.4, 0.5) is 25.3 Å². The van der Waals surface area contributed by atoms with Crippen molar-refractivity contribution in [2.45, 2.75) is 32.0 Å². The zero-order valence-electron chi connectivity index (χ0n) is 14.4. The van der Waals surface area contributed by atoms with Gasteiger partial charge in [0.2, 0.25) is 5.95 Å². The molecule has 0 bridgehead atoms. The molecule has 1 amide bonds. The van der Waals surface area contributed by atoms with Crippen molar-refractivity contribution in [1.82, 2.24) is 15.0 Å². The molecule has 8 nitrogen and oxygen atoms in total. The van der Waals surface area contributed by atoms with Gasteiger partial charge in [-0.05, 0) is 25.5 Å². The Balaban J connectivity index is 1.86. The number of carbonyl (C=O) groups is 1. The van der Waals surface area contributed by atoms with Gasteiger partial charge in [-0.1, -0.05) is 11.6 Å². The maximum atomic E-state index is 14.2. The lowest BCUT2D eigenvalue weighted by atomic mass is 10.1. The van der Waals surface area contributed by atoms with Gasteiger partial charge in [0, 0.05) is 6.20 Å². The number of aromatic nitrogens is 3. The number of carbonyl (C=O) groups excluding carboxylic acids is 1. The highest BCUT2D eigenvalue weighted by Crippen LogP contribution is 2.27. The average Bonchev–Trinajstić information content (AvgIpc) is 3.00. The van der Waals surface area contributed by atoms with E-state index in [1.807, 2.05) is 0 Å². The fourth-order valence-electron chi connectivity index (χ4n) is 2.58. The van der Waals surface area contributed by atoms with Crippen LogP contribution >= 0.6 is 11.6 Å². The number of aliphatic hydroxyl groups is 1. The van der Waals surface area contributed by atoms with Crippen LogP contribution in [0, 0.1) is 11.6 Å². The number of amides is 1. The lowest BCUT2D eigenvalue weighted by Gasteiger charge is -2.23. The molecule has 1 aliphatic rings. The Hall–Kier alpha value is -2.59. The quantitative estimate of drug-likeness (QED) is 0.745. The summed E-state index contributed by atoms with van der Waals surface area (Å²) in [6.07, 6.45) is 0.503. The summed E-state index contributed by atoms with van der Waals surface area (Å²) >= 11 is 5.57. The maximum absolute atomic E-state index is 14.2. The molecule has 0 aliphatic carbocycles. The van der Waals surface area contributed by atoms with E-state index < -0.39 is 35.9 Å². The Labute approximate surface area is 158 Å². The Kier molecular flexibility index (Phi) is 5.38. The Bertz CT molecular complexity index is 870. The second-order valence-corrected chi connectivity index (χ2v) is 6.39. The monoisotopic (exact) mass is 399 g/mol. The highest BCUT2D eigenvalue weighted by molar-refractivity contribution is 6.29. The van der Waals surface area contributed by atoms with Crippen molar-refractivity contribution in [3.63, 3.8) is 0 Å². The molecule has 3 rings (SSSR count). The van der Waals surface area contributed by atoms with Gasteiger partial charge in [-0.25, -0.2) is 28.4 Å². The molecule has 0 aromatic carbocycles. The summed E-state index contributed by atoms with van der Waals surface area (Å²) in [7, 11) is 0. The van der Waals surface area contributed by atoms with E-state index in [9.17, 15) is 18.7 Å². The van der Waals surface area contributed by atoms with Crippen molar-refractivity contribution in [1.29, 1.82) is 0 Å². The highest BCUT2D eigenvalue weighted by Gasteiger charge is 2.39. The molecule has 2 aromatic heterocycles. The number of hydrogen-bond acceptors (Lipinski definition) is 7. The van der Waals surface area contributed by atoms with Gasteiger partial charge in [0.1, 0.15) is 12.6 Å². The SMILES string of the molecule is C[C@H](Nc1ncc(F)c(N2C(=O)OC[C@@H]2[C@@H](C)O)n1)c1cnc(Cl)c(F)c1. The molecule has 0 saturated carbocycles. The third kappa shape index (κ3) is 3.91. The van der Waals surface area contributed by atoms with Crippen molar-refractivity contribution >= 4 is 29.5 Å². The van der Waals surface area contributed by atoms with Crippen LogP contribution in [0.1, 0.15) is 25.5 Å². The first-order valence-electron chi connectivity index (χ1n) is 8.02. The Morgan fingerprint density at radius 2 is 2.07 bits per heavy atom. The van der Waals surface area contributed by atoms with Crippen LogP contribution in [0.2, 0.25) is 5.15 Å². The number of hydrogen-bond donors (Lipinski definition) is 2. The standard InChI is InChI=1S/C16H16ClF2N5O3/c1-7(9-3-10(18)13(17)20-4-9)22-15-21-5-11(19)14(23-15)24-12(8(2)25)6-27-16(24)26/h3-5,7-8,12,25H,6H2,1-2H3,(H,21,22,23)/t7-,8+,12+/m0/s1. The number of ether oxygens (including phenoxy) is 1. The minimum Gasteiger partial charge on any atom is -0.447 e. The van der Waals surface area contributed by atoms with E-state index in [1.165, 1.54) is 19.2 Å². The van der Waals surface area contributed by atoms with Crippen LogP contribution in [0.5, 0.6) is 0 Å². The molecule has 2 N–H and O–H groups in total. The molecule has 0 radical (unpaired) electrons. The van der Waals surface area contributed by atoms with Crippen molar-refractivity contribution in [3.8, 4) is 0 Å². The molecule has 0 unspecified atom stereocenters. The summed E-state index contributed by atoms with van der Waals surface area (Å²) in [5.41, 5.74) is 0.466. The normalized spacial score (nSPS) is 19.0. The van der Waals surface area contributed by atoms with Crippen LogP contribution in [-0.2, 0) is 4.74 Å². The van der Waals surface area contributed by atoms with Crippen LogP contribution < -0.4 is 10.2 Å². The molecule has 1 fully saturated rings. The Morgan fingerprint density at radius 1 is 1.33 bits per heavy atom. The van der Waals surface area contributed by atoms with Gasteiger partial charge in [-0.15, -0.1) is 0 Å². The number of aliphatic hydroxyl groups excluding tert-OH is 1. The number of halogens is 3. The van der Waals surface area contributed by atoms with Gasteiger partial charge in [0.15, 0.2) is 22.6 Å². The van der Waals surface area contributed by atoms with Crippen LogP contribution in [0.25, 0.3) is 0 Å². The van der Waals surface area contributed by atoms with Crippen molar-refractivity contribution < 1.29 is 23.4 Å². The van der Waals surface area contributed by atoms with E-state index in [0.29, 0.717) is 5.56 Å². The minimum atomic E-state index is -0.954. The second-order valence-electron chi connectivity index (χ2n) is 6.03. The van der Waals surface area contributed by atoms with E-state index >= 15 is 0 Å². The molecule has 1 aliphatic heterocycles. The van der Waals surface area contributed by atoms with Gasteiger partial charge in [-0.3, -0.25) is 0 Å². The molecule has 0 spiro atoms. The lowest BCUT2D eigenvalue weighted by molar-refractivity contribution is 0.142. The van der Waals surface area contributed by atoms with E-state index in [-0.39, 0.29) is 23.5 Å². The number of nitrogens with one attached hydrogen (secondary N) is 1. The summed E-state index contributed by atoms with van der Waals surface area (Å²) in [6.45, 7) is 3.07. The lowest BCUT2D eigenvalue weighted by Crippen LogP contribution is -2.42. The number of anilines is 2. The summed E-state index contributed by atoms with van der Waals surface area (Å²) < 4.78 is 32.7. The molecule has 27 heavy (non-hydrogen) atoms. The number of rotatable bonds is 5. The molecule has 144 valence electrons. The molecular weight excluding hydrogens is 384 g/mol. The first-order chi connectivity index (χ1) is 12.8.